The van der Waals surface area contributed by atoms with Gasteiger partial charge in [0.1, 0.15) is 11.4 Å². The molecule has 0 bridgehead atoms. The molecule has 4 heteroatoms. The number of aryl methyl sites for hydroxylation is 1. The standard InChI is InChI=1S/C29H40O4/c1-5-28-20-27(4,31)29(32,22-10-7-6-8-11-22)19-23(28)13-12-21-18-24(14-15-25(21)28)33-17-9-16-26(2,3)30/h6-8,10-11,14-15,18,23,30-32H,5,9,12-13,16-17,19-20H2,1-4H3. The molecule has 2 aromatic rings. The first kappa shape index (κ1) is 24.3. The first-order valence-corrected chi connectivity index (χ1v) is 12.5. The molecule has 180 valence electrons. The summed E-state index contributed by atoms with van der Waals surface area (Å²) in [5.41, 5.74) is 0.106. The van der Waals surface area contributed by atoms with Crippen molar-refractivity contribution in [2.24, 2.45) is 5.92 Å². The SMILES string of the molecule is CCC12CC(C)(O)C(O)(c3ccccc3)CC1CCc1cc(OCCCC(C)(C)O)ccc12. The van der Waals surface area contributed by atoms with Crippen molar-refractivity contribution in [1.29, 1.82) is 0 Å². The van der Waals surface area contributed by atoms with Crippen LogP contribution < -0.4 is 4.74 Å². The number of hydrogen-bond acceptors (Lipinski definition) is 4. The molecule has 33 heavy (non-hydrogen) atoms. The Kier molecular flexibility index (Phi) is 6.41. The Morgan fingerprint density at radius 3 is 2.48 bits per heavy atom. The van der Waals surface area contributed by atoms with E-state index < -0.39 is 16.8 Å². The van der Waals surface area contributed by atoms with Crippen LogP contribution in [0.15, 0.2) is 48.5 Å². The van der Waals surface area contributed by atoms with E-state index in [1.165, 1.54) is 11.1 Å². The molecule has 3 N–H and O–H groups in total. The molecule has 4 unspecified atom stereocenters. The smallest absolute Gasteiger partial charge is 0.119 e. The molecule has 0 aliphatic heterocycles. The van der Waals surface area contributed by atoms with Gasteiger partial charge in [0.15, 0.2) is 0 Å². The summed E-state index contributed by atoms with van der Waals surface area (Å²) in [5.74, 6) is 1.18. The topological polar surface area (TPSA) is 69.9 Å². The van der Waals surface area contributed by atoms with Gasteiger partial charge in [-0.05, 0) is 100 Å². The van der Waals surface area contributed by atoms with Crippen molar-refractivity contribution in [2.75, 3.05) is 6.61 Å². The highest BCUT2D eigenvalue weighted by atomic mass is 16.5. The van der Waals surface area contributed by atoms with Crippen LogP contribution in [0.4, 0.5) is 0 Å². The zero-order chi connectivity index (χ0) is 23.9. The lowest BCUT2D eigenvalue weighted by Gasteiger charge is -2.59. The molecule has 0 amide bonds. The van der Waals surface area contributed by atoms with E-state index in [9.17, 15) is 15.3 Å². The average Bonchev–Trinajstić information content (AvgIpc) is 2.77. The summed E-state index contributed by atoms with van der Waals surface area (Å²) in [6, 6.07) is 16.1. The molecule has 2 aliphatic rings. The van der Waals surface area contributed by atoms with Crippen LogP contribution in [0.1, 0.15) is 82.9 Å². The number of rotatable bonds is 7. The highest BCUT2D eigenvalue weighted by molar-refractivity contribution is 5.45. The van der Waals surface area contributed by atoms with Gasteiger partial charge in [0, 0.05) is 5.41 Å². The van der Waals surface area contributed by atoms with Gasteiger partial charge in [-0.15, -0.1) is 0 Å². The van der Waals surface area contributed by atoms with Gasteiger partial charge in [-0.1, -0.05) is 43.3 Å². The van der Waals surface area contributed by atoms with E-state index >= 15 is 0 Å². The quantitative estimate of drug-likeness (QED) is 0.501. The normalized spacial score (nSPS) is 31.5. The van der Waals surface area contributed by atoms with Crippen molar-refractivity contribution in [3.05, 3.63) is 65.2 Å². The minimum Gasteiger partial charge on any atom is -0.494 e. The molecule has 0 saturated heterocycles. The third kappa shape index (κ3) is 4.45. The first-order chi connectivity index (χ1) is 15.5. The molecule has 0 radical (unpaired) electrons. The predicted molar refractivity (Wildman–Crippen MR) is 131 cm³/mol. The number of hydrogen-bond donors (Lipinski definition) is 3. The summed E-state index contributed by atoms with van der Waals surface area (Å²) < 4.78 is 6.00. The van der Waals surface area contributed by atoms with E-state index in [4.69, 9.17) is 4.74 Å². The Balaban J connectivity index is 1.59. The monoisotopic (exact) mass is 452 g/mol. The van der Waals surface area contributed by atoms with Gasteiger partial charge in [-0.3, -0.25) is 0 Å². The molecule has 0 spiro atoms. The van der Waals surface area contributed by atoms with E-state index in [0.717, 1.165) is 37.0 Å². The van der Waals surface area contributed by atoms with Crippen LogP contribution in [0.25, 0.3) is 0 Å². The van der Waals surface area contributed by atoms with Crippen molar-refractivity contribution in [1.82, 2.24) is 0 Å². The molecular weight excluding hydrogens is 412 g/mol. The van der Waals surface area contributed by atoms with Crippen molar-refractivity contribution in [2.45, 2.75) is 94.9 Å². The lowest BCUT2D eigenvalue weighted by molar-refractivity contribution is -0.205. The number of ether oxygens (including phenoxy) is 1. The van der Waals surface area contributed by atoms with Crippen LogP contribution in [-0.4, -0.2) is 33.1 Å². The van der Waals surface area contributed by atoms with Gasteiger partial charge in [-0.2, -0.15) is 0 Å². The molecule has 4 nitrogen and oxygen atoms in total. The second-order valence-electron chi connectivity index (χ2n) is 11.2. The fourth-order valence-corrected chi connectivity index (χ4v) is 6.49. The molecule has 0 aromatic heterocycles. The molecule has 1 saturated carbocycles. The number of benzene rings is 2. The Bertz CT molecular complexity index is 961. The van der Waals surface area contributed by atoms with Crippen LogP contribution in [0.5, 0.6) is 5.75 Å². The second kappa shape index (κ2) is 8.72. The highest BCUT2D eigenvalue weighted by Crippen LogP contribution is 2.60. The molecule has 2 aromatic carbocycles. The van der Waals surface area contributed by atoms with Gasteiger partial charge >= 0.3 is 0 Å². The van der Waals surface area contributed by atoms with Gasteiger partial charge in [0.25, 0.3) is 0 Å². The zero-order valence-corrected chi connectivity index (χ0v) is 20.6. The maximum absolute atomic E-state index is 11.8. The minimum absolute atomic E-state index is 0.155. The van der Waals surface area contributed by atoms with Crippen LogP contribution in [0, 0.1) is 5.92 Å². The maximum atomic E-state index is 11.8. The van der Waals surface area contributed by atoms with Crippen molar-refractivity contribution < 1.29 is 20.1 Å². The third-order valence-corrected chi connectivity index (χ3v) is 8.33. The predicted octanol–water partition coefficient (Wildman–Crippen LogP) is 5.26. The molecule has 4 rings (SSSR count). The lowest BCUT2D eigenvalue weighted by Crippen LogP contribution is -2.62. The molecule has 2 aliphatic carbocycles. The average molecular weight is 453 g/mol. The van der Waals surface area contributed by atoms with Gasteiger partial charge in [0.2, 0.25) is 0 Å². The molecular formula is C29H40O4. The minimum atomic E-state index is -1.25. The van der Waals surface area contributed by atoms with Gasteiger partial charge < -0.3 is 20.1 Å². The lowest BCUT2D eigenvalue weighted by atomic mass is 9.49. The van der Waals surface area contributed by atoms with Crippen LogP contribution >= 0.6 is 0 Å². The first-order valence-electron chi connectivity index (χ1n) is 12.5. The van der Waals surface area contributed by atoms with Crippen molar-refractivity contribution >= 4 is 0 Å². The Morgan fingerprint density at radius 1 is 1.09 bits per heavy atom. The van der Waals surface area contributed by atoms with Gasteiger partial charge in [0.05, 0.1) is 17.8 Å². The van der Waals surface area contributed by atoms with E-state index in [1.54, 1.807) is 0 Å². The van der Waals surface area contributed by atoms with E-state index in [-0.39, 0.29) is 5.41 Å². The fourth-order valence-electron chi connectivity index (χ4n) is 6.49. The van der Waals surface area contributed by atoms with Crippen molar-refractivity contribution in [3.63, 3.8) is 0 Å². The summed E-state index contributed by atoms with van der Waals surface area (Å²) in [7, 11) is 0. The van der Waals surface area contributed by atoms with Crippen molar-refractivity contribution in [3.8, 4) is 5.75 Å². The summed E-state index contributed by atoms with van der Waals surface area (Å²) in [6.45, 7) is 8.26. The van der Waals surface area contributed by atoms with Crippen LogP contribution in [-0.2, 0) is 17.4 Å². The molecule has 4 atom stereocenters. The summed E-state index contributed by atoms with van der Waals surface area (Å²) in [4.78, 5) is 0. The van der Waals surface area contributed by atoms with E-state index in [0.29, 0.717) is 31.8 Å². The van der Waals surface area contributed by atoms with Gasteiger partial charge in [-0.25, -0.2) is 0 Å². The number of fused-ring (bicyclic) bond motifs is 3. The third-order valence-electron chi connectivity index (χ3n) is 8.33. The summed E-state index contributed by atoms with van der Waals surface area (Å²) in [5, 5.41) is 33.4. The second-order valence-corrected chi connectivity index (χ2v) is 11.2. The zero-order valence-electron chi connectivity index (χ0n) is 20.6. The van der Waals surface area contributed by atoms with E-state index in [1.807, 2.05) is 51.1 Å². The van der Waals surface area contributed by atoms with Crippen LogP contribution in [0.2, 0.25) is 0 Å². The van der Waals surface area contributed by atoms with E-state index in [2.05, 4.69) is 25.1 Å². The largest absolute Gasteiger partial charge is 0.494 e. The maximum Gasteiger partial charge on any atom is 0.119 e. The fraction of sp³-hybridized carbons (Fsp3) is 0.586. The molecule has 1 fully saturated rings. The Labute approximate surface area is 198 Å². The Hall–Kier alpha value is -1.88. The Morgan fingerprint density at radius 2 is 1.82 bits per heavy atom. The molecule has 0 heterocycles. The van der Waals surface area contributed by atoms with Crippen LogP contribution in [0.3, 0.4) is 0 Å². The highest BCUT2D eigenvalue weighted by Gasteiger charge is 2.60. The summed E-state index contributed by atoms with van der Waals surface area (Å²) in [6.07, 6.45) is 5.49. The summed E-state index contributed by atoms with van der Waals surface area (Å²) >= 11 is 0. The number of aliphatic hydroxyl groups is 3.